The number of carbonyl (C=O) groups is 1. The molecule has 0 fully saturated rings. The number of fused-ring (bicyclic) bond motifs is 1. The average molecular weight is 488 g/mol. The third-order valence-electron chi connectivity index (χ3n) is 4.96. The van der Waals surface area contributed by atoms with Crippen molar-refractivity contribution in [3.05, 3.63) is 74.6 Å². The second kappa shape index (κ2) is 9.21. The molecule has 0 bridgehead atoms. The van der Waals surface area contributed by atoms with Crippen LogP contribution in [-0.2, 0) is 4.79 Å². The Morgan fingerprint density at radius 3 is 2.58 bits per heavy atom. The van der Waals surface area contributed by atoms with Gasteiger partial charge >= 0.3 is 0 Å². The van der Waals surface area contributed by atoms with Crippen LogP contribution in [0.2, 0.25) is 10.0 Å². The molecule has 170 valence electrons. The van der Waals surface area contributed by atoms with E-state index in [0.717, 1.165) is 5.56 Å². The quantitative estimate of drug-likeness (QED) is 0.354. The summed E-state index contributed by atoms with van der Waals surface area (Å²) < 4.78 is 22.3. The minimum atomic E-state index is -1.05. The Balaban J connectivity index is 1.69. The number of aryl methyl sites for hydroxylation is 1. The van der Waals surface area contributed by atoms with Gasteiger partial charge in [0.15, 0.2) is 11.9 Å². The van der Waals surface area contributed by atoms with Crippen LogP contribution in [0.1, 0.15) is 12.5 Å². The number of amides is 1. The van der Waals surface area contributed by atoms with E-state index in [9.17, 15) is 9.59 Å². The van der Waals surface area contributed by atoms with E-state index in [4.69, 9.17) is 41.5 Å². The van der Waals surface area contributed by atoms with Crippen LogP contribution in [0.4, 0.5) is 5.69 Å². The highest BCUT2D eigenvalue weighted by molar-refractivity contribution is 6.32. The molecule has 33 heavy (non-hydrogen) atoms. The van der Waals surface area contributed by atoms with Crippen LogP contribution in [0.3, 0.4) is 0 Å². The molecule has 0 radical (unpaired) electrons. The molecule has 0 aliphatic rings. The molecule has 0 spiro atoms. The van der Waals surface area contributed by atoms with E-state index in [2.05, 4.69) is 5.32 Å². The summed E-state index contributed by atoms with van der Waals surface area (Å²) in [5.41, 5.74) is 1.04. The van der Waals surface area contributed by atoms with E-state index in [1.807, 2.05) is 0 Å². The van der Waals surface area contributed by atoms with Gasteiger partial charge < -0.3 is 23.6 Å². The first-order chi connectivity index (χ1) is 15.8. The molecular weight excluding hydrogens is 469 g/mol. The molecule has 4 aromatic rings. The van der Waals surface area contributed by atoms with Crippen LogP contribution >= 0.6 is 23.2 Å². The van der Waals surface area contributed by atoms with E-state index >= 15 is 0 Å². The Bertz CT molecular complexity index is 1390. The molecule has 7 nitrogen and oxygen atoms in total. The number of furan rings is 1. The van der Waals surface area contributed by atoms with Crippen molar-refractivity contribution in [1.82, 2.24) is 0 Å². The van der Waals surface area contributed by atoms with E-state index in [1.54, 1.807) is 43.3 Å². The van der Waals surface area contributed by atoms with Crippen LogP contribution in [0.15, 0.2) is 62.4 Å². The molecule has 0 saturated carbocycles. The molecule has 2 heterocycles. The minimum absolute atomic E-state index is 0.0753. The van der Waals surface area contributed by atoms with Crippen molar-refractivity contribution in [3.63, 3.8) is 0 Å². The van der Waals surface area contributed by atoms with Crippen LogP contribution in [0.25, 0.3) is 22.5 Å². The van der Waals surface area contributed by atoms with Crippen LogP contribution in [0, 0.1) is 6.92 Å². The van der Waals surface area contributed by atoms with Crippen molar-refractivity contribution in [2.24, 2.45) is 0 Å². The normalized spacial score (nSPS) is 11.9. The lowest BCUT2D eigenvalue weighted by molar-refractivity contribution is -0.122. The molecule has 0 saturated heterocycles. The third-order valence-corrected chi connectivity index (χ3v) is 5.66. The van der Waals surface area contributed by atoms with Crippen molar-refractivity contribution in [3.8, 4) is 23.0 Å². The molecule has 9 heteroatoms. The van der Waals surface area contributed by atoms with Crippen LogP contribution in [0.5, 0.6) is 11.5 Å². The van der Waals surface area contributed by atoms with E-state index in [-0.39, 0.29) is 22.7 Å². The van der Waals surface area contributed by atoms with Crippen molar-refractivity contribution in [2.45, 2.75) is 20.0 Å². The van der Waals surface area contributed by atoms with Gasteiger partial charge in [-0.05, 0) is 61.9 Å². The number of nitrogens with one attached hydrogen (secondary N) is 1. The van der Waals surface area contributed by atoms with Crippen LogP contribution in [-0.4, -0.2) is 19.1 Å². The maximum atomic E-state index is 13.3. The van der Waals surface area contributed by atoms with Crippen molar-refractivity contribution < 1.29 is 23.1 Å². The van der Waals surface area contributed by atoms with Crippen molar-refractivity contribution >= 4 is 45.8 Å². The standard InChI is InChI=1S/C24H19Cl2NO6/c1-12-9-20-15(11-16(12)25)21(28)23(22(33-20)19-5-4-8-31-19)32-13(2)24(29)27-14-6-7-18(30-3)17(26)10-14/h4-11,13H,1-3H3,(H,27,29). The Labute approximate surface area is 198 Å². The van der Waals surface area contributed by atoms with Crippen molar-refractivity contribution in [1.29, 1.82) is 0 Å². The second-order valence-electron chi connectivity index (χ2n) is 7.26. The summed E-state index contributed by atoms with van der Waals surface area (Å²) in [7, 11) is 1.50. The highest BCUT2D eigenvalue weighted by atomic mass is 35.5. The molecule has 4 rings (SSSR count). The first kappa shape index (κ1) is 22.8. The highest BCUT2D eigenvalue weighted by Gasteiger charge is 2.25. The largest absolute Gasteiger partial charge is 0.495 e. The zero-order chi connectivity index (χ0) is 23.7. The first-order valence-corrected chi connectivity index (χ1v) is 10.7. The lowest BCUT2D eigenvalue weighted by atomic mass is 10.1. The summed E-state index contributed by atoms with van der Waals surface area (Å²) in [6, 6.07) is 11.3. The lowest BCUT2D eigenvalue weighted by Crippen LogP contribution is -2.31. The number of rotatable bonds is 6. The fourth-order valence-electron chi connectivity index (χ4n) is 3.19. The van der Waals surface area contributed by atoms with E-state index < -0.39 is 17.4 Å². The molecular formula is C24H19Cl2NO6. The number of methoxy groups -OCH3 is 1. The number of ether oxygens (including phenoxy) is 2. The zero-order valence-corrected chi connectivity index (χ0v) is 19.4. The Kier molecular flexibility index (Phi) is 6.35. The topological polar surface area (TPSA) is 90.9 Å². The molecule has 1 atom stereocenters. The predicted molar refractivity (Wildman–Crippen MR) is 127 cm³/mol. The highest BCUT2D eigenvalue weighted by Crippen LogP contribution is 2.34. The Morgan fingerprint density at radius 1 is 1.12 bits per heavy atom. The number of hydrogen-bond acceptors (Lipinski definition) is 6. The van der Waals surface area contributed by atoms with Gasteiger partial charge in [0.25, 0.3) is 5.91 Å². The van der Waals surface area contributed by atoms with Gasteiger partial charge in [-0.2, -0.15) is 0 Å². The summed E-state index contributed by atoms with van der Waals surface area (Å²) >= 11 is 12.3. The van der Waals surface area contributed by atoms with Crippen LogP contribution < -0.4 is 20.2 Å². The number of benzene rings is 2. The number of anilines is 1. The molecule has 2 aromatic heterocycles. The van der Waals surface area contributed by atoms with Gasteiger partial charge in [0.1, 0.15) is 11.3 Å². The smallest absolute Gasteiger partial charge is 0.265 e. The molecule has 0 aliphatic heterocycles. The molecule has 1 amide bonds. The van der Waals surface area contributed by atoms with Gasteiger partial charge in [0.05, 0.1) is 23.8 Å². The second-order valence-corrected chi connectivity index (χ2v) is 8.08. The summed E-state index contributed by atoms with van der Waals surface area (Å²) in [6.07, 6.45) is 0.390. The Morgan fingerprint density at radius 2 is 1.91 bits per heavy atom. The fourth-order valence-corrected chi connectivity index (χ4v) is 3.62. The number of halogens is 2. The number of carbonyl (C=O) groups excluding carboxylic acids is 1. The first-order valence-electron chi connectivity index (χ1n) is 9.90. The summed E-state index contributed by atoms with van der Waals surface area (Å²) in [4.78, 5) is 26.1. The summed E-state index contributed by atoms with van der Waals surface area (Å²) in [5.74, 6) is 0.179. The fraction of sp³-hybridized carbons (Fsp3) is 0.167. The van der Waals surface area contributed by atoms with Gasteiger partial charge in [0, 0.05) is 10.7 Å². The van der Waals surface area contributed by atoms with E-state index in [0.29, 0.717) is 27.1 Å². The summed E-state index contributed by atoms with van der Waals surface area (Å²) in [5, 5.41) is 3.68. The predicted octanol–water partition coefficient (Wildman–Crippen LogP) is 6.08. The van der Waals surface area contributed by atoms with Crippen molar-refractivity contribution in [2.75, 3.05) is 12.4 Å². The number of hydrogen-bond donors (Lipinski definition) is 1. The minimum Gasteiger partial charge on any atom is -0.495 e. The van der Waals surface area contributed by atoms with Gasteiger partial charge in [-0.25, -0.2) is 0 Å². The SMILES string of the molecule is COc1ccc(NC(=O)C(C)Oc2c(-c3ccco3)oc3cc(C)c(Cl)cc3c2=O)cc1Cl. The van der Waals surface area contributed by atoms with Gasteiger partial charge in [-0.15, -0.1) is 0 Å². The average Bonchev–Trinajstić information content (AvgIpc) is 3.32. The summed E-state index contributed by atoms with van der Waals surface area (Å²) in [6.45, 7) is 3.31. The maximum absolute atomic E-state index is 13.3. The Hall–Kier alpha value is -3.42. The molecule has 1 N–H and O–H groups in total. The van der Waals surface area contributed by atoms with E-state index in [1.165, 1.54) is 26.4 Å². The van der Waals surface area contributed by atoms with Gasteiger partial charge in [-0.3, -0.25) is 9.59 Å². The molecule has 0 aliphatic carbocycles. The maximum Gasteiger partial charge on any atom is 0.265 e. The van der Waals surface area contributed by atoms with Gasteiger partial charge in [-0.1, -0.05) is 23.2 Å². The molecule has 1 unspecified atom stereocenters. The molecule has 2 aromatic carbocycles. The lowest BCUT2D eigenvalue weighted by Gasteiger charge is -2.17. The monoisotopic (exact) mass is 487 g/mol. The third kappa shape index (κ3) is 4.55. The zero-order valence-electron chi connectivity index (χ0n) is 17.9. The van der Waals surface area contributed by atoms with Gasteiger partial charge in [0.2, 0.25) is 16.9 Å².